The SMILES string of the molecule is CCC(C#N)(c1ccc(-n2c(=O)n(C)c3cnc4cc(C)c(-c5cc6cc(C)c(C)cc6nc5C)cc4c32)c(C)c1C)C(C)(C)C. The van der Waals surface area contributed by atoms with E-state index in [-0.39, 0.29) is 11.1 Å². The fraction of sp³-hybridized carbons (Fsp3) is 0.350. The lowest BCUT2D eigenvalue weighted by molar-refractivity contribution is 0.236. The summed E-state index contributed by atoms with van der Waals surface area (Å²) in [5, 5.41) is 12.5. The molecular formula is C40H43N5O. The Morgan fingerprint density at radius 1 is 0.848 bits per heavy atom. The lowest BCUT2D eigenvalue weighted by Crippen LogP contribution is -2.39. The maximum atomic E-state index is 14.1. The number of pyridine rings is 2. The van der Waals surface area contributed by atoms with Crippen LogP contribution in [0.3, 0.4) is 0 Å². The molecule has 0 saturated carbocycles. The van der Waals surface area contributed by atoms with Crippen molar-refractivity contribution in [3.63, 3.8) is 0 Å². The highest BCUT2D eigenvalue weighted by atomic mass is 16.1. The van der Waals surface area contributed by atoms with Crippen LogP contribution in [-0.2, 0) is 12.5 Å². The average Bonchev–Trinajstić information content (AvgIpc) is 3.25. The van der Waals surface area contributed by atoms with Crippen molar-refractivity contribution in [1.29, 1.82) is 5.26 Å². The maximum absolute atomic E-state index is 14.1. The first-order chi connectivity index (χ1) is 21.6. The molecule has 6 nitrogen and oxygen atoms in total. The molecule has 0 saturated heterocycles. The normalized spacial score (nSPS) is 13.4. The Balaban J connectivity index is 1.66. The van der Waals surface area contributed by atoms with E-state index in [1.54, 1.807) is 17.8 Å². The van der Waals surface area contributed by atoms with Gasteiger partial charge < -0.3 is 0 Å². The number of hydrogen-bond acceptors (Lipinski definition) is 4. The van der Waals surface area contributed by atoms with Crippen LogP contribution >= 0.6 is 0 Å². The van der Waals surface area contributed by atoms with Gasteiger partial charge in [-0.3, -0.25) is 19.1 Å². The van der Waals surface area contributed by atoms with Crippen LogP contribution in [0.25, 0.3) is 49.7 Å². The number of fused-ring (bicyclic) bond motifs is 4. The van der Waals surface area contributed by atoms with E-state index < -0.39 is 5.41 Å². The molecule has 0 radical (unpaired) electrons. The quantitative estimate of drug-likeness (QED) is 0.200. The summed E-state index contributed by atoms with van der Waals surface area (Å²) in [7, 11) is 1.81. The van der Waals surface area contributed by atoms with Crippen LogP contribution < -0.4 is 5.69 Å². The standard InChI is InChI=1S/C40H43N5O/c1-12-40(21-41,39(8,9)10)32-13-14-35(26(6)25(32)5)45-37-31-19-29(24(4)17-34(31)42-20-36(37)44(11)38(45)46)30-18-28-15-22(2)23(3)16-33(28)43-27(30)7/h13-20H,12H2,1-11H3. The summed E-state index contributed by atoms with van der Waals surface area (Å²) in [6.45, 7) is 21.0. The predicted octanol–water partition coefficient (Wildman–Crippen LogP) is 9.16. The Labute approximate surface area is 271 Å². The first-order valence-corrected chi connectivity index (χ1v) is 16.1. The van der Waals surface area contributed by atoms with Gasteiger partial charge in [0.2, 0.25) is 0 Å². The van der Waals surface area contributed by atoms with E-state index in [2.05, 4.69) is 112 Å². The monoisotopic (exact) mass is 609 g/mol. The van der Waals surface area contributed by atoms with Crippen molar-refractivity contribution in [2.24, 2.45) is 12.5 Å². The van der Waals surface area contributed by atoms with E-state index in [1.807, 2.05) is 10.6 Å². The van der Waals surface area contributed by atoms with Crippen LogP contribution in [0.15, 0.2) is 53.5 Å². The van der Waals surface area contributed by atoms with Gasteiger partial charge in [0.1, 0.15) is 0 Å². The van der Waals surface area contributed by atoms with Crippen molar-refractivity contribution in [3.05, 3.63) is 98.2 Å². The lowest BCUT2D eigenvalue weighted by Gasteiger charge is -2.40. The van der Waals surface area contributed by atoms with Crippen molar-refractivity contribution in [2.45, 2.75) is 81.1 Å². The third-order valence-electron chi connectivity index (χ3n) is 10.6. The van der Waals surface area contributed by atoms with Gasteiger partial charge in [-0.05, 0) is 129 Å². The van der Waals surface area contributed by atoms with E-state index in [4.69, 9.17) is 9.97 Å². The number of benzene rings is 3. The molecule has 0 spiro atoms. The molecule has 6 aromatic rings. The molecular weight excluding hydrogens is 566 g/mol. The minimum Gasteiger partial charge on any atom is -0.293 e. The van der Waals surface area contributed by atoms with Gasteiger partial charge in [-0.1, -0.05) is 33.8 Å². The molecule has 3 aromatic heterocycles. The van der Waals surface area contributed by atoms with Crippen molar-refractivity contribution >= 4 is 32.8 Å². The molecule has 0 aliphatic carbocycles. The van der Waals surface area contributed by atoms with Gasteiger partial charge in [0.25, 0.3) is 0 Å². The van der Waals surface area contributed by atoms with Crippen LogP contribution in [0.2, 0.25) is 0 Å². The molecule has 0 amide bonds. The van der Waals surface area contributed by atoms with Crippen LogP contribution in [0.1, 0.15) is 73.2 Å². The fourth-order valence-electron chi connectivity index (χ4n) is 7.41. The smallest absolute Gasteiger partial charge is 0.293 e. The lowest BCUT2D eigenvalue weighted by atomic mass is 9.61. The first kappa shape index (κ1) is 31.2. The number of aromatic nitrogens is 4. The Morgan fingerprint density at radius 3 is 2.17 bits per heavy atom. The Kier molecular flexibility index (Phi) is 7.24. The molecule has 46 heavy (non-hydrogen) atoms. The number of hydrogen-bond donors (Lipinski definition) is 0. The Hall–Kier alpha value is -4.76. The van der Waals surface area contributed by atoms with E-state index in [0.717, 1.165) is 77.6 Å². The zero-order valence-electron chi connectivity index (χ0n) is 29.0. The summed E-state index contributed by atoms with van der Waals surface area (Å²) < 4.78 is 3.51. The van der Waals surface area contributed by atoms with Gasteiger partial charge >= 0.3 is 5.69 Å². The number of rotatable bonds is 4. The zero-order chi connectivity index (χ0) is 33.5. The first-order valence-electron chi connectivity index (χ1n) is 16.1. The minimum atomic E-state index is -0.657. The van der Waals surface area contributed by atoms with Gasteiger partial charge in [-0.25, -0.2) is 4.79 Å². The molecule has 6 rings (SSSR count). The highest BCUT2D eigenvalue weighted by Gasteiger charge is 2.43. The highest BCUT2D eigenvalue weighted by molar-refractivity contribution is 6.05. The van der Waals surface area contributed by atoms with Gasteiger partial charge in [-0.15, -0.1) is 0 Å². The van der Waals surface area contributed by atoms with Crippen molar-refractivity contribution in [3.8, 4) is 22.9 Å². The maximum Gasteiger partial charge on any atom is 0.333 e. The summed E-state index contributed by atoms with van der Waals surface area (Å²) in [6, 6.07) is 17.7. The highest BCUT2D eigenvalue weighted by Crippen LogP contribution is 2.46. The molecule has 1 atom stereocenters. The van der Waals surface area contributed by atoms with Crippen molar-refractivity contribution in [1.82, 2.24) is 19.1 Å². The van der Waals surface area contributed by atoms with Gasteiger partial charge in [0.15, 0.2) is 0 Å². The molecule has 6 heteroatoms. The largest absolute Gasteiger partial charge is 0.333 e. The van der Waals surface area contributed by atoms with E-state index in [9.17, 15) is 10.1 Å². The second-order valence-corrected chi connectivity index (χ2v) is 14.1. The third kappa shape index (κ3) is 4.40. The van der Waals surface area contributed by atoms with Crippen molar-refractivity contribution < 1.29 is 0 Å². The average molecular weight is 610 g/mol. The second-order valence-electron chi connectivity index (χ2n) is 14.1. The van der Waals surface area contributed by atoms with E-state index in [0.29, 0.717) is 6.42 Å². The molecule has 3 heterocycles. The van der Waals surface area contributed by atoms with Crippen LogP contribution in [0.5, 0.6) is 0 Å². The fourth-order valence-corrected chi connectivity index (χ4v) is 7.41. The zero-order valence-corrected chi connectivity index (χ0v) is 29.0. The molecule has 3 aromatic carbocycles. The number of nitriles is 1. The van der Waals surface area contributed by atoms with E-state index >= 15 is 0 Å². The van der Waals surface area contributed by atoms with Gasteiger partial charge in [0.05, 0.1) is 45.4 Å². The molecule has 234 valence electrons. The van der Waals surface area contributed by atoms with E-state index in [1.165, 1.54) is 11.1 Å². The molecule has 0 N–H and O–H groups in total. The molecule has 0 aliphatic heterocycles. The number of imidazole rings is 1. The Morgan fingerprint density at radius 2 is 1.52 bits per heavy atom. The van der Waals surface area contributed by atoms with Crippen LogP contribution in [0.4, 0.5) is 0 Å². The summed E-state index contributed by atoms with van der Waals surface area (Å²) in [5.41, 5.74) is 12.9. The molecule has 0 fully saturated rings. The predicted molar refractivity (Wildman–Crippen MR) is 190 cm³/mol. The summed E-state index contributed by atoms with van der Waals surface area (Å²) in [4.78, 5) is 23.9. The summed E-state index contributed by atoms with van der Waals surface area (Å²) in [5.74, 6) is 0. The van der Waals surface area contributed by atoms with Crippen molar-refractivity contribution in [2.75, 3.05) is 0 Å². The van der Waals surface area contributed by atoms with Gasteiger partial charge in [-0.2, -0.15) is 5.26 Å². The van der Waals surface area contributed by atoms with Crippen LogP contribution in [0, 0.1) is 58.3 Å². The summed E-state index contributed by atoms with van der Waals surface area (Å²) in [6.07, 6.45) is 2.50. The minimum absolute atomic E-state index is 0.131. The second kappa shape index (κ2) is 10.7. The molecule has 1 unspecified atom stereocenters. The topological polar surface area (TPSA) is 76.5 Å². The molecule has 0 bridgehead atoms. The van der Waals surface area contributed by atoms with Crippen LogP contribution in [-0.4, -0.2) is 19.1 Å². The third-order valence-corrected chi connectivity index (χ3v) is 10.6. The Bertz CT molecular complexity index is 2340. The summed E-state index contributed by atoms with van der Waals surface area (Å²) >= 11 is 0. The van der Waals surface area contributed by atoms with Gasteiger partial charge in [0, 0.05) is 29.1 Å². The molecule has 0 aliphatic rings. The number of nitrogens with zero attached hydrogens (tertiary/aromatic N) is 5. The number of aryl methyl sites for hydroxylation is 5.